The number of nitro benzene ring substituents is 1. The number of benzene rings is 1. The predicted molar refractivity (Wildman–Crippen MR) is 63.0 cm³/mol. The van der Waals surface area contributed by atoms with Gasteiger partial charge in [-0.25, -0.2) is 4.39 Å². The van der Waals surface area contributed by atoms with Crippen molar-refractivity contribution in [3.05, 3.63) is 34.1 Å². The van der Waals surface area contributed by atoms with Gasteiger partial charge in [0, 0.05) is 18.5 Å². The third-order valence-corrected chi connectivity index (χ3v) is 2.36. The maximum absolute atomic E-state index is 13.5. The van der Waals surface area contributed by atoms with Crippen molar-refractivity contribution in [1.29, 1.82) is 0 Å². The number of nitro groups is 1. The minimum Gasteiger partial charge on any atom is -0.481 e. The lowest BCUT2D eigenvalue weighted by Crippen LogP contribution is -2.17. The summed E-state index contributed by atoms with van der Waals surface area (Å²) in [6.45, 7) is 1.71. The van der Waals surface area contributed by atoms with E-state index in [2.05, 4.69) is 5.32 Å². The van der Waals surface area contributed by atoms with Gasteiger partial charge in [0.1, 0.15) is 0 Å². The van der Waals surface area contributed by atoms with Gasteiger partial charge in [-0.15, -0.1) is 0 Å². The van der Waals surface area contributed by atoms with E-state index in [1.54, 1.807) is 6.92 Å². The molecule has 1 aromatic rings. The Morgan fingerprint density at radius 2 is 2.28 bits per heavy atom. The number of aliphatic carboxylic acids is 1. The summed E-state index contributed by atoms with van der Waals surface area (Å²) < 4.78 is 13.5. The quantitative estimate of drug-likeness (QED) is 0.602. The third kappa shape index (κ3) is 4.00. The van der Waals surface area contributed by atoms with Gasteiger partial charge in [0.05, 0.1) is 16.7 Å². The summed E-state index contributed by atoms with van der Waals surface area (Å²) in [4.78, 5) is 20.1. The van der Waals surface area contributed by atoms with Crippen molar-refractivity contribution in [2.45, 2.75) is 25.8 Å². The molecule has 7 heteroatoms. The van der Waals surface area contributed by atoms with E-state index in [4.69, 9.17) is 5.11 Å². The van der Waals surface area contributed by atoms with Crippen LogP contribution in [-0.2, 0) is 4.79 Å². The van der Waals surface area contributed by atoms with Gasteiger partial charge in [-0.2, -0.15) is 0 Å². The molecular weight excluding hydrogens is 243 g/mol. The highest BCUT2D eigenvalue weighted by Crippen LogP contribution is 2.21. The number of carboxylic acid groups (broad SMARTS) is 1. The SMILES string of the molecule is CC(CCC(=O)O)Nc1ccc([N+](=O)[O-])cc1F. The van der Waals surface area contributed by atoms with Crippen LogP contribution in [0, 0.1) is 15.9 Å². The first kappa shape index (κ1) is 13.9. The second-order valence-corrected chi connectivity index (χ2v) is 3.90. The maximum atomic E-state index is 13.5. The summed E-state index contributed by atoms with van der Waals surface area (Å²) in [5.74, 6) is -1.65. The second kappa shape index (κ2) is 5.95. The van der Waals surface area contributed by atoms with Crippen LogP contribution in [0.5, 0.6) is 0 Å². The van der Waals surface area contributed by atoms with Crippen molar-refractivity contribution < 1.29 is 19.2 Å². The van der Waals surface area contributed by atoms with Crippen LogP contribution in [0.4, 0.5) is 15.8 Å². The van der Waals surface area contributed by atoms with Crippen molar-refractivity contribution in [2.24, 2.45) is 0 Å². The molecule has 0 aliphatic carbocycles. The molecule has 2 N–H and O–H groups in total. The average Bonchev–Trinajstić information content (AvgIpc) is 2.29. The second-order valence-electron chi connectivity index (χ2n) is 3.90. The average molecular weight is 256 g/mol. The molecule has 0 aliphatic rings. The third-order valence-electron chi connectivity index (χ3n) is 2.36. The van der Waals surface area contributed by atoms with Crippen molar-refractivity contribution in [1.82, 2.24) is 0 Å². The highest BCUT2D eigenvalue weighted by atomic mass is 19.1. The normalized spacial score (nSPS) is 11.9. The van der Waals surface area contributed by atoms with E-state index < -0.39 is 16.7 Å². The van der Waals surface area contributed by atoms with Crippen LogP contribution >= 0.6 is 0 Å². The molecule has 98 valence electrons. The van der Waals surface area contributed by atoms with E-state index in [0.717, 1.165) is 6.07 Å². The van der Waals surface area contributed by atoms with E-state index in [-0.39, 0.29) is 23.8 Å². The Morgan fingerprint density at radius 1 is 1.61 bits per heavy atom. The molecule has 0 saturated heterocycles. The zero-order valence-electron chi connectivity index (χ0n) is 9.72. The molecule has 0 spiro atoms. The van der Waals surface area contributed by atoms with Gasteiger partial charge in [0.2, 0.25) is 0 Å². The lowest BCUT2D eigenvalue weighted by atomic mass is 10.1. The molecule has 1 atom stereocenters. The first-order valence-corrected chi connectivity index (χ1v) is 5.32. The summed E-state index contributed by atoms with van der Waals surface area (Å²) in [5, 5.41) is 21.7. The Balaban J connectivity index is 2.67. The standard InChI is InChI=1S/C11H13FN2O4/c1-7(2-5-11(15)16)13-10-4-3-8(14(17)18)6-9(10)12/h3-4,6-7,13H,2,5H2,1H3,(H,15,16). The molecule has 1 rings (SSSR count). The number of non-ortho nitro benzene ring substituents is 1. The van der Waals surface area contributed by atoms with Gasteiger partial charge >= 0.3 is 5.97 Å². The van der Waals surface area contributed by atoms with Gasteiger partial charge in [-0.05, 0) is 19.4 Å². The van der Waals surface area contributed by atoms with Gasteiger partial charge in [0.25, 0.3) is 5.69 Å². The Kier molecular flexibility index (Phi) is 4.59. The number of hydrogen-bond acceptors (Lipinski definition) is 4. The molecule has 0 saturated carbocycles. The molecule has 0 radical (unpaired) electrons. The molecule has 1 aromatic carbocycles. The monoisotopic (exact) mass is 256 g/mol. The number of halogens is 1. The van der Waals surface area contributed by atoms with Crippen molar-refractivity contribution in [2.75, 3.05) is 5.32 Å². The van der Waals surface area contributed by atoms with Gasteiger partial charge in [-0.3, -0.25) is 14.9 Å². The summed E-state index contributed by atoms with van der Waals surface area (Å²) in [5.41, 5.74) is -0.199. The topological polar surface area (TPSA) is 92.5 Å². The lowest BCUT2D eigenvalue weighted by molar-refractivity contribution is -0.385. The fraction of sp³-hybridized carbons (Fsp3) is 0.364. The van der Waals surface area contributed by atoms with Crippen LogP contribution in [-0.4, -0.2) is 22.0 Å². The minimum absolute atomic E-state index is 0.0250. The summed E-state index contributed by atoms with van der Waals surface area (Å²) >= 11 is 0. The highest BCUT2D eigenvalue weighted by molar-refractivity contribution is 5.66. The largest absolute Gasteiger partial charge is 0.481 e. The van der Waals surface area contributed by atoms with Crippen LogP contribution < -0.4 is 5.32 Å². The van der Waals surface area contributed by atoms with E-state index in [1.807, 2.05) is 0 Å². The van der Waals surface area contributed by atoms with E-state index in [9.17, 15) is 19.3 Å². The Bertz CT molecular complexity index is 464. The molecule has 0 fully saturated rings. The van der Waals surface area contributed by atoms with E-state index in [1.165, 1.54) is 12.1 Å². The number of rotatable bonds is 6. The van der Waals surface area contributed by atoms with Crippen LogP contribution in [0.25, 0.3) is 0 Å². The number of hydrogen-bond donors (Lipinski definition) is 2. The first-order valence-electron chi connectivity index (χ1n) is 5.32. The number of carbonyl (C=O) groups is 1. The Morgan fingerprint density at radius 3 is 2.78 bits per heavy atom. The minimum atomic E-state index is -0.923. The van der Waals surface area contributed by atoms with E-state index >= 15 is 0 Å². The zero-order chi connectivity index (χ0) is 13.7. The van der Waals surface area contributed by atoms with Crippen molar-refractivity contribution >= 4 is 17.3 Å². The fourth-order valence-corrected chi connectivity index (χ4v) is 1.41. The molecule has 18 heavy (non-hydrogen) atoms. The highest BCUT2D eigenvalue weighted by Gasteiger charge is 2.12. The Labute approximate surface area is 103 Å². The first-order chi connectivity index (χ1) is 8.40. The van der Waals surface area contributed by atoms with Crippen LogP contribution in [0.3, 0.4) is 0 Å². The zero-order valence-corrected chi connectivity index (χ0v) is 9.72. The molecule has 6 nitrogen and oxygen atoms in total. The van der Waals surface area contributed by atoms with Gasteiger partial charge in [-0.1, -0.05) is 0 Å². The van der Waals surface area contributed by atoms with Crippen molar-refractivity contribution in [3.8, 4) is 0 Å². The number of nitrogens with one attached hydrogen (secondary N) is 1. The molecule has 0 heterocycles. The van der Waals surface area contributed by atoms with Crippen LogP contribution in [0.1, 0.15) is 19.8 Å². The summed E-state index contributed by atoms with van der Waals surface area (Å²) in [6, 6.07) is 3.05. The summed E-state index contributed by atoms with van der Waals surface area (Å²) in [7, 11) is 0. The number of carboxylic acids is 1. The Hall–Kier alpha value is -2.18. The lowest BCUT2D eigenvalue weighted by Gasteiger charge is -2.14. The smallest absolute Gasteiger partial charge is 0.303 e. The molecule has 0 aliphatic heterocycles. The molecule has 0 amide bonds. The van der Waals surface area contributed by atoms with Gasteiger partial charge in [0.15, 0.2) is 5.82 Å². The molecule has 1 unspecified atom stereocenters. The van der Waals surface area contributed by atoms with Crippen LogP contribution in [0.2, 0.25) is 0 Å². The molecule has 0 bridgehead atoms. The van der Waals surface area contributed by atoms with Crippen molar-refractivity contribution in [3.63, 3.8) is 0 Å². The fourth-order valence-electron chi connectivity index (χ4n) is 1.41. The number of nitrogens with zero attached hydrogens (tertiary/aromatic N) is 1. The van der Waals surface area contributed by atoms with E-state index in [0.29, 0.717) is 6.42 Å². The van der Waals surface area contributed by atoms with Gasteiger partial charge < -0.3 is 10.4 Å². The maximum Gasteiger partial charge on any atom is 0.303 e. The summed E-state index contributed by atoms with van der Waals surface area (Å²) in [6.07, 6.45) is 0.314. The predicted octanol–water partition coefficient (Wildman–Crippen LogP) is 2.40. The van der Waals surface area contributed by atoms with Crippen LogP contribution in [0.15, 0.2) is 18.2 Å². The molecular formula is C11H13FN2O4. The molecule has 0 aromatic heterocycles. The number of anilines is 1.